The fourth-order valence-electron chi connectivity index (χ4n) is 1.06. The minimum atomic E-state index is -1.02. The number of carbonyl (C=O) groups is 1. The van der Waals surface area contributed by atoms with Gasteiger partial charge in [0, 0.05) is 10.9 Å². The molecule has 0 aliphatic rings. The van der Waals surface area contributed by atoms with Gasteiger partial charge < -0.3 is 10.2 Å². The van der Waals surface area contributed by atoms with Crippen LogP contribution in [0.2, 0.25) is 0 Å². The van der Waals surface area contributed by atoms with Crippen LogP contribution in [0.5, 0.6) is 5.75 Å². The molecule has 0 amide bonds. The van der Waals surface area contributed by atoms with Crippen LogP contribution in [0.1, 0.15) is 21.5 Å². The summed E-state index contributed by atoms with van der Waals surface area (Å²) in [6, 6.07) is 3.10. The average Bonchev–Trinajstić information content (AvgIpc) is 2.09. The number of aromatic carboxylic acids is 1. The van der Waals surface area contributed by atoms with Gasteiger partial charge in [0.15, 0.2) is 0 Å². The van der Waals surface area contributed by atoms with Gasteiger partial charge in [0.25, 0.3) is 0 Å². The molecule has 0 saturated heterocycles. The summed E-state index contributed by atoms with van der Waals surface area (Å²) in [5.74, 6) is -0.995. The lowest BCUT2D eigenvalue weighted by Gasteiger charge is -2.05. The van der Waals surface area contributed by atoms with Gasteiger partial charge in [-0.25, -0.2) is 4.79 Å². The molecule has 2 N–H and O–H groups in total. The number of aromatic hydroxyl groups is 1. The minimum absolute atomic E-state index is 0.0225. The van der Waals surface area contributed by atoms with Crippen LogP contribution in [0, 0.1) is 6.92 Å². The Morgan fingerprint density at radius 3 is 2.62 bits per heavy atom. The third-order valence-electron chi connectivity index (χ3n) is 1.82. The van der Waals surface area contributed by atoms with Gasteiger partial charge in [-0.1, -0.05) is 15.9 Å². The predicted molar refractivity (Wildman–Crippen MR) is 52.4 cm³/mol. The Bertz CT molecular complexity index is 347. The SMILES string of the molecule is Cc1c(O)cc(CBr)cc1C(=O)O. The molecule has 0 atom stereocenters. The second kappa shape index (κ2) is 3.79. The Kier molecular flexibility index (Phi) is 2.93. The Balaban J connectivity index is 3.33. The fourth-order valence-corrected chi connectivity index (χ4v) is 1.38. The minimum Gasteiger partial charge on any atom is -0.508 e. The lowest BCUT2D eigenvalue weighted by Crippen LogP contribution is -2.00. The highest BCUT2D eigenvalue weighted by atomic mass is 79.9. The Hall–Kier alpha value is -1.03. The molecular formula is C9H9BrO3. The largest absolute Gasteiger partial charge is 0.508 e. The third kappa shape index (κ3) is 2.01. The van der Waals surface area contributed by atoms with Crippen LogP contribution in [0.4, 0.5) is 0 Å². The number of carboxylic acid groups (broad SMARTS) is 1. The zero-order valence-electron chi connectivity index (χ0n) is 7.04. The van der Waals surface area contributed by atoms with Gasteiger partial charge in [-0.3, -0.25) is 0 Å². The summed E-state index contributed by atoms with van der Waals surface area (Å²) in [6.45, 7) is 1.58. The maximum atomic E-state index is 10.7. The lowest BCUT2D eigenvalue weighted by molar-refractivity contribution is 0.0695. The third-order valence-corrected chi connectivity index (χ3v) is 2.47. The first kappa shape index (κ1) is 10.1. The van der Waals surface area contributed by atoms with E-state index < -0.39 is 5.97 Å². The van der Waals surface area contributed by atoms with Crippen molar-refractivity contribution >= 4 is 21.9 Å². The van der Waals surface area contributed by atoms with Crippen LogP contribution in [0.3, 0.4) is 0 Å². The van der Waals surface area contributed by atoms with E-state index in [0.29, 0.717) is 10.9 Å². The van der Waals surface area contributed by atoms with Gasteiger partial charge in [0.05, 0.1) is 5.56 Å². The second-order valence-corrected chi connectivity index (χ2v) is 3.29. The lowest BCUT2D eigenvalue weighted by atomic mass is 10.0. The van der Waals surface area contributed by atoms with Crippen molar-refractivity contribution in [2.45, 2.75) is 12.3 Å². The first-order valence-corrected chi connectivity index (χ1v) is 4.80. The maximum Gasteiger partial charge on any atom is 0.336 e. The van der Waals surface area contributed by atoms with Crippen molar-refractivity contribution in [2.24, 2.45) is 0 Å². The summed E-state index contributed by atoms with van der Waals surface area (Å²) in [5, 5.41) is 18.7. The predicted octanol–water partition coefficient (Wildman–Crippen LogP) is 2.29. The van der Waals surface area contributed by atoms with Crippen LogP contribution in [0.15, 0.2) is 12.1 Å². The molecule has 0 aliphatic heterocycles. The molecule has 0 aromatic heterocycles. The summed E-state index contributed by atoms with van der Waals surface area (Å²) in [4.78, 5) is 10.7. The van der Waals surface area contributed by atoms with Gasteiger partial charge in [0.1, 0.15) is 5.75 Å². The van der Waals surface area contributed by atoms with Crippen LogP contribution >= 0.6 is 15.9 Å². The van der Waals surface area contributed by atoms with E-state index in [4.69, 9.17) is 5.11 Å². The van der Waals surface area contributed by atoms with Gasteiger partial charge in [0.2, 0.25) is 0 Å². The molecule has 0 spiro atoms. The first-order valence-electron chi connectivity index (χ1n) is 3.68. The molecule has 1 aromatic rings. The molecule has 4 heteroatoms. The molecule has 0 saturated carbocycles. The summed E-state index contributed by atoms with van der Waals surface area (Å²) in [6.07, 6.45) is 0. The van der Waals surface area contributed by atoms with Crippen molar-refractivity contribution in [1.29, 1.82) is 0 Å². The van der Waals surface area contributed by atoms with Crippen molar-refractivity contribution in [3.05, 3.63) is 28.8 Å². The molecule has 1 aromatic carbocycles. The van der Waals surface area contributed by atoms with Crippen molar-refractivity contribution in [1.82, 2.24) is 0 Å². The molecule has 70 valence electrons. The number of hydrogen-bond donors (Lipinski definition) is 2. The highest BCUT2D eigenvalue weighted by Crippen LogP contribution is 2.23. The Morgan fingerprint density at radius 1 is 1.54 bits per heavy atom. The molecule has 1 rings (SSSR count). The monoisotopic (exact) mass is 244 g/mol. The number of rotatable bonds is 2. The van der Waals surface area contributed by atoms with Crippen molar-refractivity contribution in [3.63, 3.8) is 0 Å². The normalized spacial score (nSPS) is 10.0. The fraction of sp³-hybridized carbons (Fsp3) is 0.222. The number of phenolic OH excluding ortho intramolecular Hbond substituents is 1. The number of carboxylic acids is 1. The van der Waals surface area contributed by atoms with E-state index in [9.17, 15) is 9.90 Å². The van der Waals surface area contributed by atoms with Crippen LogP contribution in [-0.2, 0) is 5.33 Å². The topological polar surface area (TPSA) is 57.5 Å². The number of halogens is 1. The van der Waals surface area contributed by atoms with E-state index in [1.165, 1.54) is 0 Å². The molecular weight excluding hydrogens is 236 g/mol. The zero-order valence-corrected chi connectivity index (χ0v) is 8.63. The van der Waals surface area contributed by atoms with E-state index in [2.05, 4.69) is 15.9 Å². The highest BCUT2D eigenvalue weighted by molar-refractivity contribution is 9.08. The molecule has 3 nitrogen and oxygen atoms in total. The van der Waals surface area contributed by atoms with Gasteiger partial charge >= 0.3 is 5.97 Å². The van der Waals surface area contributed by atoms with E-state index in [1.807, 2.05) is 0 Å². The van der Waals surface area contributed by atoms with Crippen molar-refractivity contribution < 1.29 is 15.0 Å². The Morgan fingerprint density at radius 2 is 2.15 bits per heavy atom. The smallest absolute Gasteiger partial charge is 0.336 e. The molecule has 0 unspecified atom stereocenters. The van der Waals surface area contributed by atoms with Crippen molar-refractivity contribution in [3.8, 4) is 5.75 Å². The zero-order chi connectivity index (χ0) is 10.0. The summed E-state index contributed by atoms with van der Waals surface area (Å²) in [5.41, 5.74) is 1.30. The van der Waals surface area contributed by atoms with Gasteiger partial charge in [-0.2, -0.15) is 0 Å². The molecule has 0 bridgehead atoms. The molecule has 0 aliphatic carbocycles. The van der Waals surface area contributed by atoms with Crippen LogP contribution < -0.4 is 0 Å². The number of alkyl halides is 1. The van der Waals surface area contributed by atoms with E-state index in [-0.39, 0.29) is 11.3 Å². The summed E-state index contributed by atoms with van der Waals surface area (Å²) < 4.78 is 0. The maximum absolute atomic E-state index is 10.7. The Labute approximate surface area is 84.1 Å². The summed E-state index contributed by atoms with van der Waals surface area (Å²) >= 11 is 3.20. The van der Waals surface area contributed by atoms with Gasteiger partial charge in [-0.05, 0) is 24.6 Å². The molecule has 0 fully saturated rings. The van der Waals surface area contributed by atoms with Crippen molar-refractivity contribution in [2.75, 3.05) is 0 Å². The second-order valence-electron chi connectivity index (χ2n) is 2.73. The number of phenols is 1. The molecule has 0 heterocycles. The van der Waals surface area contributed by atoms with Crippen LogP contribution in [0.25, 0.3) is 0 Å². The molecule has 13 heavy (non-hydrogen) atoms. The number of benzene rings is 1. The first-order chi connectivity index (χ1) is 6.06. The standard InChI is InChI=1S/C9H9BrO3/c1-5-7(9(12)13)2-6(4-10)3-8(5)11/h2-3,11H,4H2,1H3,(H,12,13). The summed E-state index contributed by atoms with van der Waals surface area (Å²) in [7, 11) is 0. The van der Waals surface area contributed by atoms with E-state index in [1.54, 1.807) is 19.1 Å². The number of hydrogen-bond acceptors (Lipinski definition) is 2. The van der Waals surface area contributed by atoms with E-state index in [0.717, 1.165) is 5.56 Å². The van der Waals surface area contributed by atoms with Gasteiger partial charge in [-0.15, -0.1) is 0 Å². The van der Waals surface area contributed by atoms with Crippen LogP contribution in [-0.4, -0.2) is 16.2 Å². The van der Waals surface area contributed by atoms with E-state index >= 15 is 0 Å². The highest BCUT2D eigenvalue weighted by Gasteiger charge is 2.11. The molecule has 0 radical (unpaired) electrons. The average molecular weight is 245 g/mol. The quantitative estimate of drug-likeness (QED) is 0.786.